The SMILES string of the molecule is CC(C)(C)C1CCN(C(=O)/C=C/CF)[C@H](CC#N)C1. The predicted molar refractivity (Wildman–Crippen MR) is 73.0 cm³/mol. The van der Waals surface area contributed by atoms with Gasteiger partial charge in [0, 0.05) is 18.7 Å². The van der Waals surface area contributed by atoms with Crippen LogP contribution in [0.25, 0.3) is 0 Å². The highest BCUT2D eigenvalue weighted by Gasteiger charge is 2.35. The molecule has 0 saturated carbocycles. The zero-order chi connectivity index (χ0) is 14.5. The highest BCUT2D eigenvalue weighted by atomic mass is 19.1. The molecule has 1 aliphatic heterocycles. The second-order valence-corrected chi connectivity index (χ2v) is 6.19. The van der Waals surface area contributed by atoms with Crippen molar-refractivity contribution in [3.05, 3.63) is 12.2 Å². The number of alkyl halides is 1. The third kappa shape index (κ3) is 4.34. The van der Waals surface area contributed by atoms with E-state index in [0.29, 0.717) is 18.9 Å². The Morgan fingerprint density at radius 1 is 1.53 bits per heavy atom. The molecule has 0 aliphatic carbocycles. The summed E-state index contributed by atoms with van der Waals surface area (Å²) in [5, 5.41) is 8.92. The Morgan fingerprint density at radius 2 is 2.21 bits per heavy atom. The summed E-state index contributed by atoms with van der Waals surface area (Å²) in [6, 6.07) is 2.12. The second-order valence-electron chi connectivity index (χ2n) is 6.19. The van der Waals surface area contributed by atoms with E-state index in [4.69, 9.17) is 5.26 Å². The van der Waals surface area contributed by atoms with Crippen LogP contribution in [-0.4, -0.2) is 30.1 Å². The number of rotatable bonds is 3. The third-order valence-electron chi connectivity index (χ3n) is 3.90. The molecule has 0 N–H and O–H groups in total. The molecule has 1 saturated heterocycles. The molecule has 19 heavy (non-hydrogen) atoms. The van der Waals surface area contributed by atoms with E-state index >= 15 is 0 Å². The molecule has 0 radical (unpaired) electrons. The topological polar surface area (TPSA) is 44.1 Å². The first-order chi connectivity index (χ1) is 8.90. The quantitative estimate of drug-likeness (QED) is 0.737. The molecule has 1 heterocycles. The molecule has 0 bridgehead atoms. The molecule has 3 nitrogen and oxygen atoms in total. The molecule has 0 aromatic rings. The van der Waals surface area contributed by atoms with Crippen LogP contribution in [0.3, 0.4) is 0 Å². The minimum atomic E-state index is -0.632. The average Bonchev–Trinajstić information content (AvgIpc) is 2.35. The van der Waals surface area contributed by atoms with E-state index in [1.165, 1.54) is 12.2 Å². The Balaban J connectivity index is 2.77. The zero-order valence-corrected chi connectivity index (χ0v) is 12.0. The molecular formula is C15H23FN2O. The Hall–Kier alpha value is -1.37. The minimum absolute atomic E-state index is 0.0419. The lowest BCUT2D eigenvalue weighted by molar-refractivity contribution is -0.131. The summed E-state index contributed by atoms with van der Waals surface area (Å²) in [5.74, 6) is 0.338. The van der Waals surface area contributed by atoms with Gasteiger partial charge in [0.1, 0.15) is 6.67 Å². The van der Waals surface area contributed by atoms with Gasteiger partial charge < -0.3 is 4.90 Å². The van der Waals surface area contributed by atoms with Crippen LogP contribution < -0.4 is 0 Å². The van der Waals surface area contributed by atoms with Crippen molar-refractivity contribution in [3.63, 3.8) is 0 Å². The number of carbonyl (C=O) groups excluding carboxylic acids is 1. The van der Waals surface area contributed by atoms with Crippen molar-refractivity contribution in [2.45, 2.75) is 46.1 Å². The monoisotopic (exact) mass is 266 g/mol. The number of piperidine rings is 1. The molecule has 0 aromatic carbocycles. The smallest absolute Gasteiger partial charge is 0.246 e. The number of amides is 1. The van der Waals surface area contributed by atoms with Crippen LogP contribution in [0.4, 0.5) is 4.39 Å². The van der Waals surface area contributed by atoms with Crippen molar-refractivity contribution in [1.82, 2.24) is 4.90 Å². The highest BCUT2D eigenvalue weighted by Crippen LogP contribution is 2.37. The van der Waals surface area contributed by atoms with Crippen LogP contribution in [0.15, 0.2) is 12.2 Å². The number of hydrogen-bond acceptors (Lipinski definition) is 2. The van der Waals surface area contributed by atoms with Crippen molar-refractivity contribution < 1.29 is 9.18 Å². The molecule has 2 atom stereocenters. The van der Waals surface area contributed by atoms with Gasteiger partial charge in [-0.3, -0.25) is 4.79 Å². The fourth-order valence-corrected chi connectivity index (χ4v) is 2.67. The van der Waals surface area contributed by atoms with Gasteiger partial charge in [-0.05, 0) is 30.3 Å². The van der Waals surface area contributed by atoms with Crippen molar-refractivity contribution in [2.75, 3.05) is 13.2 Å². The van der Waals surface area contributed by atoms with Gasteiger partial charge in [-0.2, -0.15) is 5.26 Å². The standard InChI is InChI=1S/C15H23FN2O/c1-15(2,3)12-7-10-18(13(11-12)6-9-17)14(19)5-4-8-16/h4-5,12-13H,6-8,10-11H2,1-3H3/b5-4+/t12?,13-/m1/s1. The summed E-state index contributed by atoms with van der Waals surface area (Å²) in [6.07, 6.45) is 4.65. The Kier molecular flexibility index (Phi) is 5.53. The van der Waals surface area contributed by atoms with Gasteiger partial charge in [0.15, 0.2) is 0 Å². The third-order valence-corrected chi connectivity index (χ3v) is 3.90. The van der Waals surface area contributed by atoms with Gasteiger partial charge in [-0.25, -0.2) is 4.39 Å². The van der Waals surface area contributed by atoms with E-state index in [0.717, 1.165) is 12.8 Å². The lowest BCUT2D eigenvalue weighted by atomic mass is 9.73. The van der Waals surface area contributed by atoms with E-state index < -0.39 is 6.67 Å². The van der Waals surface area contributed by atoms with Gasteiger partial charge in [0.25, 0.3) is 0 Å². The molecular weight excluding hydrogens is 243 g/mol. The number of nitrogens with zero attached hydrogens (tertiary/aromatic N) is 2. The van der Waals surface area contributed by atoms with Gasteiger partial charge in [0.05, 0.1) is 12.5 Å². The van der Waals surface area contributed by atoms with Gasteiger partial charge in [0.2, 0.25) is 5.91 Å². The molecule has 4 heteroatoms. The first-order valence-electron chi connectivity index (χ1n) is 6.80. The van der Waals surface area contributed by atoms with Gasteiger partial charge in [-0.1, -0.05) is 20.8 Å². The van der Waals surface area contributed by atoms with E-state index in [1.54, 1.807) is 4.90 Å². The lowest BCUT2D eigenvalue weighted by Gasteiger charge is -2.43. The van der Waals surface area contributed by atoms with Crippen LogP contribution in [0.5, 0.6) is 0 Å². The minimum Gasteiger partial charge on any atom is -0.335 e. The first kappa shape index (κ1) is 15.7. The molecule has 106 valence electrons. The van der Waals surface area contributed by atoms with E-state index in [9.17, 15) is 9.18 Å². The Bertz CT molecular complexity index is 379. The summed E-state index contributed by atoms with van der Waals surface area (Å²) in [4.78, 5) is 13.7. The van der Waals surface area contributed by atoms with E-state index in [1.807, 2.05) is 0 Å². The summed E-state index contributed by atoms with van der Waals surface area (Å²) in [7, 11) is 0. The number of halogens is 1. The summed E-state index contributed by atoms with van der Waals surface area (Å²) >= 11 is 0. The molecule has 1 fully saturated rings. The first-order valence-corrected chi connectivity index (χ1v) is 6.80. The Morgan fingerprint density at radius 3 is 2.74 bits per heavy atom. The summed E-state index contributed by atoms with van der Waals surface area (Å²) < 4.78 is 12.1. The molecule has 0 spiro atoms. The Labute approximate surface area is 115 Å². The van der Waals surface area contributed by atoms with Gasteiger partial charge in [-0.15, -0.1) is 0 Å². The van der Waals surface area contributed by atoms with Crippen LogP contribution in [0.2, 0.25) is 0 Å². The second kappa shape index (κ2) is 6.70. The number of carbonyl (C=O) groups is 1. The highest BCUT2D eigenvalue weighted by molar-refractivity contribution is 5.87. The maximum Gasteiger partial charge on any atom is 0.246 e. The zero-order valence-electron chi connectivity index (χ0n) is 12.0. The lowest BCUT2D eigenvalue weighted by Crippen LogP contribution is -2.47. The number of nitriles is 1. The van der Waals surface area contributed by atoms with Crippen molar-refractivity contribution in [1.29, 1.82) is 5.26 Å². The fraction of sp³-hybridized carbons (Fsp3) is 0.733. The van der Waals surface area contributed by atoms with Crippen LogP contribution >= 0.6 is 0 Å². The van der Waals surface area contributed by atoms with Crippen LogP contribution in [0, 0.1) is 22.7 Å². The van der Waals surface area contributed by atoms with E-state index in [2.05, 4.69) is 26.8 Å². The molecule has 1 unspecified atom stereocenters. The molecule has 0 aromatic heterocycles. The summed E-state index contributed by atoms with van der Waals surface area (Å²) in [6.45, 7) is 6.61. The predicted octanol–water partition coefficient (Wildman–Crippen LogP) is 3.08. The maximum atomic E-state index is 12.1. The van der Waals surface area contributed by atoms with Crippen molar-refractivity contribution in [3.8, 4) is 6.07 Å². The van der Waals surface area contributed by atoms with Crippen LogP contribution in [0.1, 0.15) is 40.0 Å². The molecule has 1 rings (SSSR count). The summed E-state index contributed by atoms with van der Waals surface area (Å²) in [5.41, 5.74) is 0.192. The molecule has 1 aliphatic rings. The van der Waals surface area contributed by atoms with Gasteiger partial charge >= 0.3 is 0 Å². The molecule has 1 amide bonds. The largest absolute Gasteiger partial charge is 0.335 e. The number of likely N-dealkylation sites (tertiary alicyclic amines) is 1. The van der Waals surface area contributed by atoms with Crippen molar-refractivity contribution >= 4 is 5.91 Å². The average molecular weight is 266 g/mol. The fourth-order valence-electron chi connectivity index (χ4n) is 2.67. The van der Waals surface area contributed by atoms with E-state index in [-0.39, 0.29) is 17.4 Å². The van der Waals surface area contributed by atoms with Crippen LogP contribution in [-0.2, 0) is 4.79 Å². The number of hydrogen-bond donors (Lipinski definition) is 0. The normalized spacial score (nSPS) is 24.5. The maximum absolute atomic E-state index is 12.1. The van der Waals surface area contributed by atoms with Crippen molar-refractivity contribution in [2.24, 2.45) is 11.3 Å². The number of allylic oxidation sites excluding steroid dienone is 1.